The summed E-state index contributed by atoms with van der Waals surface area (Å²) in [6, 6.07) is 1.46. The standard InChI is InChI=1S/C14H15N3O4S3/c18-10(16-14(12(20)21)1-3-22-8-14)7-23-6-9-5-11(19)17-2-4-24-13(17)15-9/h2,4-5H,1,3,6-8H2,(H,16,18)(H,20,21). The number of carbonyl (C=O) groups excluding carboxylic acids is 1. The van der Waals surface area contributed by atoms with Gasteiger partial charge in [0.05, 0.1) is 11.4 Å². The molecule has 0 radical (unpaired) electrons. The molecule has 10 heteroatoms. The summed E-state index contributed by atoms with van der Waals surface area (Å²) in [6.45, 7) is 0. The number of carbonyl (C=O) groups is 2. The SMILES string of the molecule is O=C(CSCc1cc(=O)n2ccsc2n1)NC1(C(=O)O)CCSC1. The van der Waals surface area contributed by atoms with E-state index in [1.807, 2.05) is 0 Å². The molecule has 0 aromatic carbocycles. The number of nitrogens with one attached hydrogen (secondary N) is 1. The van der Waals surface area contributed by atoms with Crippen LogP contribution < -0.4 is 10.9 Å². The van der Waals surface area contributed by atoms with E-state index in [-0.39, 0.29) is 17.2 Å². The first-order valence-electron chi connectivity index (χ1n) is 7.16. The zero-order valence-corrected chi connectivity index (χ0v) is 15.0. The first kappa shape index (κ1) is 17.3. The van der Waals surface area contributed by atoms with Crippen molar-refractivity contribution >= 4 is 51.7 Å². The molecular weight excluding hydrogens is 370 g/mol. The van der Waals surface area contributed by atoms with Crippen LogP contribution in [0, 0.1) is 0 Å². The number of amides is 1. The molecule has 2 aromatic rings. The quantitative estimate of drug-likeness (QED) is 0.767. The maximum atomic E-state index is 12.0. The Labute approximate surface area is 149 Å². The van der Waals surface area contributed by atoms with Crippen molar-refractivity contribution in [3.05, 3.63) is 33.7 Å². The van der Waals surface area contributed by atoms with Crippen LogP contribution in [0.1, 0.15) is 12.1 Å². The van der Waals surface area contributed by atoms with Gasteiger partial charge in [-0.05, 0) is 12.2 Å². The van der Waals surface area contributed by atoms with Crippen LogP contribution in [0.25, 0.3) is 4.96 Å². The molecule has 3 heterocycles. The lowest BCUT2D eigenvalue weighted by molar-refractivity contribution is -0.146. The number of aliphatic carboxylic acids is 1. The molecule has 1 saturated heterocycles. The molecule has 0 bridgehead atoms. The summed E-state index contributed by atoms with van der Waals surface area (Å²) in [7, 11) is 0. The largest absolute Gasteiger partial charge is 0.479 e. The average molecular weight is 385 g/mol. The summed E-state index contributed by atoms with van der Waals surface area (Å²) in [5.74, 6) is 0.389. The van der Waals surface area contributed by atoms with Crippen molar-refractivity contribution in [3.8, 4) is 0 Å². The van der Waals surface area contributed by atoms with Gasteiger partial charge >= 0.3 is 5.97 Å². The molecule has 24 heavy (non-hydrogen) atoms. The number of aromatic nitrogens is 2. The van der Waals surface area contributed by atoms with Gasteiger partial charge in [-0.2, -0.15) is 11.8 Å². The number of hydrogen-bond donors (Lipinski definition) is 2. The maximum Gasteiger partial charge on any atom is 0.330 e. The summed E-state index contributed by atoms with van der Waals surface area (Å²) >= 11 is 4.21. The van der Waals surface area contributed by atoms with Crippen molar-refractivity contribution < 1.29 is 14.7 Å². The van der Waals surface area contributed by atoms with E-state index >= 15 is 0 Å². The van der Waals surface area contributed by atoms with Crippen molar-refractivity contribution in [1.29, 1.82) is 0 Å². The van der Waals surface area contributed by atoms with Crippen LogP contribution in [0.5, 0.6) is 0 Å². The minimum absolute atomic E-state index is 0.130. The molecule has 1 aliphatic rings. The van der Waals surface area contributed by atoms with E-state index < -0.39 is 11.5 Å². The highest BCUT2D eigenvalue weighted by Crippen LogP contribution is 2.28. The number of nitrogens with zero attached hydrogens (tertiary/aromatic N) is 2. The molecule has 1 aliphatic heterocycles. The smallest absolute Gasteiger partial charge is 0.330 e. The summed E-state index contributed by atoms with van der Waals surface area (Å²) in [6.07, 6.45) is 2.11. The molecule has 0 saturated carbocycles. The zero-order valence-electron chi connectivity index (χ0n) is 12.6. The van der Waals surface area contributed by atoms with Gasteiger partial charge in [-0.3, -0.25) is 14.0 Å². The Morgan fingerprint density at radius 1 is 1.50 bits per heavy atom. The van der Waals surface area contributed by atoms with Crippen LogP contribution in [0.4, 0.5) is 0 Å². The number of carboxylic acid groups (broad SMARTS) is 1. The molecule has 0 aliphatic carbocycles. The molecule has 3 rings (SSSR count). The first-order chi connectivity index (χ1) is 11.5. The van der Waals surface area contributed by atoms with Crippen LogP contribution in [0.15, 0.2) is 22.4 Å². The third kappa shape index (κ3) is 3.60. The van der Waals surface area contributed by atoms with Gasteiger partial charge in [0.25, 0.3) is 5.56 Å². The van der Waals surface area contributed by atoms with Crippen LogP contribution in [0.2, 0.25) is 0 Å². The van der Waals surface area contributed by atoms with E-state index in [4.69, 9.17) is 0 Å². The molecule has 1 unspecified atom stereocenters. The van der Waals surface area contributed by atoms with E-state index in [0.717, 1.165) is 5.75 Å². The van der Waals surface area contributed by atoms with Crippen LogP contribution >= 0.6 is 34.9 Å². The fraction of sp³-hybridized carbons (Fsp3) is 0.429. The lowest BCUT2D eigenvalue weighted by Gasteiger charge is -2.24. The maximum absolute atomic E-state index is 12.0. The second-order valence-electron chi connectivity index (χ2n) is 5.37. The number of fused-ring (bicyclic) bond motifs is 1. The molecule has 1 fully saturated rings. The molecular formula is C14H15N3O4S3. The number of rotatable bonds is 6. The average Bonchev–Trinajstić information content (AvgIpc) is 3.17. The van der Waals surface area contributed by atoms with Gasteiger partial charge in [0.15, 0.2) is 4.96 Å². The van der Waals surface area contributed by atoms with Crippen LogP contribution in [-0.2, 0) is 15.3 Å². The number of thiazole rings is 1. The van der Waals surface area contributed by atoms with Gasteiger partial charge < -0.3 is 10.4 Å². The molecule has 0 spiro atoms. The molecule has 1 atom stereocenters. The molecule has 128 valence electrons. The van der Waals surface area contributed by atoms with E-state index in [1.165, 1.54) is 45.3 Å². The molecule has 2 aromatic heterocycles. The van der Waals surface area contributed by atoms with Crippen molar-refractivity contribution in [2.75, 3.05) is 17.3 Å². The normalized spacial score (nSPS) is 20.3. The monoisotopic (exact) mass is 385 g/mol. The van der Waals surface area contributed by atoms with Gasteiger partial charge in [0.1, 0.15) is 5.54 Å². The Balaban J connectivity index is 1.56. The third-order valence-electron chi connectivity index (χ3n) is 3.65. The Kier molecular flexibility index (Phi) is 5.16. The van der Waals surface area contributed by atoms with Crippen molar-refractivity contribution in [3.63, 3.8) is 0 Å². The molecule has 1 amide bonds. The summed E-state index contributed by atoms with van der Waals surface area (Å²) in [5, 5.41) is 13.8. The number of hydrogen-bond acceptors (Lipinski definition) is 7. The van der Waals surface area contributed by atoms with Gasteiger partial charge in [0.2, 0.25) is 5.91 Å². The lowest BCUT2D eigenvalue weighted by atomic mass is 9.99. The summed E-state index contributed by atoms with van der Waals surface area (Å²) < 4.78 is 1.47. The third-order valence-corrected chi connectivity index (χ3v) is 6.56. The fourth-order valence-electron chi connectivity index (χ4n) is 2.40. The highest BCUT2D eigenvalue weighted by molar-refractivity contribution is 7.99. The molecule has 7 nitrogen and oxygen atoms in total. The Hall–Kier alpha value is -1.52. The predicted octanol–water partition coefficient (Wildman–Crippen LogP) is 1.07. The fourth-order valence-corrected chi connectivity index (χ4v) is 5.18. The first-order valence-corrected chi connectivity index (χ1v) is 10.3. The van der Waals surface area contributed by atoms with Crippen LogP contribution in [-0.4, -0.2) is 49.2 Å². The van der Waals surface area contributed by atoms with Crippen molar-refractivity contribution in [2.24, 2.45) is 0 Å². The van der Waals surface area contributed by atoms with Gasteiger partial charge in [0, 0.05) is 29.1 Å². The van der Waals surface area contributed by atoms with E-state index in [2.05, 4.69) is 10.3 Å². The second-order valence-corrected chi connectivity index (χ2v) is 8.34. The van der Waals surface area contributed by atoms with E-state index in [0.29, 0.717) is 28.6 Å². The van der Waals surface area contributed by atoms with E-state index in [9.17, 15) is 19.5 Å². The van der Waals surface area contributed by atoms with Gasteiger partial charge in [-0.25, -0.2) is 9.78 Å². The highest BCUT2D eigenvalue weighted by Gasteiger charge is 2.43. The Bertz CT molecular complexity index is 826. The highest BCUT2D eigenvalue weighted by atomic mass is 32.2. The van der Waals surface area contributed by atoms with E-state index in [1.54, 1.807) is 11.6 Å². The minimum Gasteiger partial charge on any atom is -0.479 e. The zero-order chi connectivity index (χ0) is 17.2. The topological polar surface area (TPSA) is 101 Å². The van der Waals surface area contributed by atoms with Gasteiger partial charge in [-0.15, -0.1) is 23.1 Å². The predicted molar refractivity (Wildman–Crippen MR) is 96.0 cm³/mol. The second kappa shape index (κ2) is 7.16. The van der Waals surface area contributed by atoms with Crippen LogP contribution in [0.3, 0.4) is 0 Å². The molecule has 2 N–H and O–H groups in total. The Morgan fingerprint density at radius 3 is 3.04 bits per heavy atom. The van der Waals surface area contributed by atoms with Gasteiger partial charge in [-0.1, -0.05) is 0 Å². The number of thioether (sulfide) groups is 2. The van der Waals surface area contributed by atoms with Crippen molar-refractivity contribution in [1.82, 2.24) is 14.7 Å². The summed E-state index contributed by atoms with van der Waals surface area (Å²) in [4.78, 5) is 40.3. The lowest BCUT2D eigenvalue weighted by Crippen LogP contribution is -2.55. The minimum atomic E-state index is -1.14. The number of carboxylic acids is 1. The van der Waals surface area contributed by atoms with Crippen molar-refractivity contribution in [2.45, 2.75) is 17.7 Å². The summed E-state index contributed by atoms with van der Waals surface area (Å²) in [5.41, 5.74) is -0.673. The Morgan fingerprint density at radius 2 is 2.33 bits per heavy atom.